The van der Waals surface area contributed by atoms with Crippen LogP contribution in [0.3, 0.4) is 0 Å². The van der Waals surface area contributed by atoms with Crippen molar-refractivity contribution < 1.29 is 4.79 Å². The summed E-state index contributed by atoms with van der Waals surface area (Å²) in [4.78, 5) is 14.7. The lowest BCUT2D eigenvalue weighted by molar-refractivity contribution is 0.0675. The van der Waals surface area contributed by atoms with Crippen LogP contribution in [0.25, 0.3) is 0 Å². The van der Waals surface area contributed by atoms with Crippen molar-refractivity contribution in [3.05, 3.63) is 29.3 Å². The Morgan fingerprint density at radius 1 is 1.29 bits per heavy atom. The third-order valence-electron chi connectivity index (χ3n) is 5.33. The van der Waals surface area contributed by atoms with Gasteiger partial charge in [0.1, 0.15) is 0 Å². The first kappa shape index (κ1) is 14.4. The standard InChI is InChI=1S/C18H26N2O/c1-3-13-4-8-16(9-5-13)20(2)18(21)15-7-6-14-10-11-19-17(14)12-15/h6-7,12-13,16,19H,3-5,8-11H2,1-2H3. The molecule has 1 N–H and O–H groups in total. The third-order valence-corrected chi connectivity index (χ3v) is 5.33. The number of amides is 1. The molecule has 1 fully saturated rings. The van der Waals surface area contributed by atoms with E-state index in [2.05, 4.69) is 18.3 Å². The first-order chi connectivity index (χ1) is 10.2. The van der Waals surface area contributed by atoms with Gasteiger partial charge in [0, 0.05) is 30.9 Å². The Morgan fingerprint density at radius 2 is 2.05 bits per heavy atom. The number of anilines is 1. The number of benzene rings is 1. The molecule has 1 aliphatic carbocycles. The minimum atomic E-state index is 0.173. The summed E-state index contributed by atoms with van der Waals surface area (Å²) in [6.07, 6.45) is 7.20. The van der Waals surface area contributed by atoms with Crippen molar-refractivity contribution in [2.24, 2.45) is 5.92 Å². The summed E-state index contributed by atoms with van der Waals surface area (Å²) >= 11 is 0. The molecule has 0 bridgehead atoms. The van der Waals surface area contributed by atoms with Crippen molar-refractivity contribution in [1.29, 1.82) is 0 Å². The fraction of sp³-hybridized carbons (Fsp3) is 0.611. The fourth-order valence-electron chi connectivity index (χ4n) is 3.73. The number of nitrogens with one attached hydrogen (secondary N) is 1. The van der Waals surface area contributed by atoms with Crippen LogP contribution >= 0.6 is 0 Å². The maximum Gasteiger partial charge on any atom is 0.253 e. The van der Waals surface area contributed by atoms with Gasteiger partial charge in [-0.2, -0.15) is 0 Å². The number of hydrogen-bond acceptors (Lipinski definition) is 2. The Morgan fingerprint density at radius 3 is 2.76 bits per heavy atom. The predicted octanol–water partition coefficient (Wildman–Crippen LogP) is 3.70. The molecule has 1 aliphatic heterocycles. The van der Waals surface area contributed by atoms with Crippen molar-refractivity contribution in [3.8, 4) is 0 Å². The van der Waals surface area contributed by atoms with E-state index >= 15 is 0 Å². The molecule has 3 nitrogen and oxygen atoms in total. The number of nitrogens with zero attached hydrogens (tertiary/aromatic N) is 1. The number of fused-ring (bicyclic) bond motifs is 1. The first-order valence-corrected chi connectivity index (χ1v) is 8.33. The van der Waals surface area contributed by atoms with Crippen LogP contribution in [0.15, 0.2) is 18.2 Å². The molecule has 114 valence electrons. The molecule has 1 aromatic carbocycles. The number of rotatable bonds is 3. The Kier molecular flexibility index (Phi) is 4.18. The van der Waals surface area contributed by atoms with E-state index in [0.717, 1.165) is 43.0 Å². The van der Waals surface area contributed by atoms with Gasteiger partial charge in [0.2, 0.25) is 0 Å². The van der Waals surface area contributed by atoms with Crippen molar-refractivity contribution in [2.45, 2.75) is 51.5 Å². The van der Waals surface area contributed by atoms with Crippen LogP contribution in [0.5, 0.6) is 0 Å². The van der Waals surface area contributed by atoms with Gasteiger partial charge in [0.05, 0.1) is 0 Å². The Balaban J connectivity index is 1.67. The minimum absolute atomic E-state index is 0.173. The highest BCUT2D eigenvalue weighted by atomic mass is 16.2. The summed E-state index contributed by atoms with van der Waals surface area (Å²) in [6, 6.07) is 6.53. The Hall–Kier alpha value is -1.51. The second-order valence-electron chi connectivity index (χ2n) is 6.55. The van der Waals surface area contributed by atoms with E-state index in [1.165, 1.54) is 24.8 Å². The van der Waals surface area contributed by atoms with Gasteiger partial charge in [-0.3, -0.25) is 4.79 Å². The molecule has 0 saturated heterocycles. The largest absolute Gasteiger partial charge is 0.384 e. The Labute approximate surface area is 127 Å². The summed E-state index contributed by atoms with van der Waals surface area (Å²) in [7, 11) is 1.97. The zero-order valence-electron chi connectivity index (χ0n) is 13.2. The van der Waals surface area contributed by atoms with E-state index in [4.69, 9.17) is 0 Å². The van der Waals surface area contributed by atoms with E-state index < -0.39 is 0 Å². The average Bonchev–Trinajstić information content (AvgIpc) is 3.01. The molecule has 3 rings (SSSR count). The van der Waals surface area contributed by atoms with Gasteiger partial charge in [-0.1, -0.05) is 19.4 Å². The molecule has 0 unspecified atom stereocenters. The summed E-state index contributed by atoms with van der Waals surface area (Å²) in [5.74, 6) is 1.04. The summed E-state index contributed by atoms with van der Waals surface area (Å²) in [5, 5.41) is 3.36. The van der Waals surface area contributed by atoms with Gasteiger partial charge < -0.3 is 10.2 Å². The molecule has 3 heteroatoms. The predicted molar refractivity (Wildman–Crippen MR) is 86.8 cm³/mol. The van der Waals surface area contributed by atoms with Gasteiger partial charge in [-0.05, 0) is 55.7 Å². The van der Waals surface area contributed by atoms with E-state index in [1.807, 2.05) is 24.1 Å². The number of carbonyl (C=O) groups is 1. The number of carbonyl (C=O) groups excluding carboxylic acids is 1. The molecule has 1 amide bonds. The Bertz CT molecular complexity index is 518. The van der Waals surface area contributed by atoms with Gasteiger partial charge in [-0.15, -0.1) is 0 Å². The molecular formula is C18H26N2O. The van der Waals surface area contributed by atoms with Crippen LogP contribution in [-0.2, 0) is 6.42 Å². The molecule has 2 aliphatic rings. The maximum atomic E-state index is 12.7. The number of hydrogen-bond donors (Lipinski definition) is 1. The van der Waals surface area contributed by atoms with Gasteiger partial charge >= 0.3 is 0 Å². The summed E-state index contributed by atoms with van der Waals surface area (Å²) < 4.78 is 0. The summed E-state index contributed by atoms with van der Waals surface area (Å²) in [5.41, 5.74) is 3.30. The van der Waals surface area contributed by atoms with Gasteiger partial charge in [-0.25, -0.2) is 0 Å². The van der Waals surface area contributed by atoms with Crippen LogP contribution in [0.1, 0.15) is 54.9 Å². The molecular weight excluding hydrogens is 260 g/mol. The fourth-order valence-corrected chi connectivity index (χ4v) is 3.73. The maximum absolute atomic E-state index is 12.7. The molecule has 1 heterocycles. The lowest BCUT2D eigenvalue weighted by Crippen LogP contribution is -2.39. The zero-order chi connectivity index (χ0) is 14.8. The van der Waals surface area contributed by atoms with Crippen molar-refractivity contribution in [3.63, 3.8) is 0 Å². The smallest absolute Gasteiger partial charge is 0.253 e. The topological polar surface area (TPSA) is 32.3 Å². The van der Waals surface area contributed by atoms with E-state index in [9.17, 15) is 4.79 Å². The van der Waals surface area contributed by atoms with Crippen molar-refractivity contribution in [1.82, 2.24) is 4.90 Å². The van der Waals surface area contributed by atoms with Crippen molar-refractivity contribution in [2.75, 3.05) is 18.9 Å². The van der Waals surface area contributed by atoms with Gasteiger partial charge in [0.15, 0.2) is 0 Å². The van der Waals surface area contributed by atoms with E-state index in [-0.39, 0.29) is 5.91 Å². The average molecular weight is 286 g/mol. The molecule has 0 spiro atoms. The van der Waals surface area contributed by atoms with E-state index in [1.54, 1.807) is 0 Å². The molecule has 21 heavy (non-hydrogen) atoms. The molecule has 0 atom stereocenters. The van der Waals surface area contributed by atoms with Crippen LogP contribution < -0.4 is 5.32 Å². The zero-order valence-corrected chi connectivity index (χ0v) is 13.2. The highest BCUT2D eigenvalue weighted by Crippen LogP contribution is 2.30. The highest BCUT2D eigenvalue weighted by Gasteiger charge is 2.26. The molecule has 0 aromatic heterocycles. The summed E-state index contributed by atoms with van der Waals surface area (Å²) in [6.45, 7) is 3.27. The third kappa shape index (κ3) is 2.92. The second-order valence-corrected chi connectivity index (χ2v) is 6.55. The molecule has 1 aromatic rings. The van der Waals surface area contributed by atoms with Crippen LogP contribution in [0.2, 0.25) is 0 Å². The molecule has 1 saturated carbocycles. The lowest BCUT2D eigenvalue weighted by atomic mass is 9.84. The normalized spacial score (nSPS) is 24.3. The van der Waals surface area contributed by atoms with Crippen molar-refractivity contribution >= 4 is 11.6 Å². The van der Waals surface area contributed by atoms with Gasteiger partial charge in [0.25, 0.3) is 5.91 Å². The monoisotopic (exact) mass is 286 g/mol. The minimum Gasteiger partial charge on any atom is -0.384 e. The first-order valence-electron chi connectivity index (χ1n) is 8.33. The quantitative estimate of drug-likeness (QED) is 0.919. The second kappa shape index (κ2) is 6.08. The SMILES string of the molecule is CCC1CCC(N(C)C(=O)c2ccc3c(c2)NCC3)CC1. The molecule has 0 radical (unpaired) electrons. The van der Waals surface area contributed by atoms with Crippen LogP contribution in [0.4, 0.5) is 5.69 Å². The lowest BCUT2D eigenvalue weighted by Gasteiger charge is -2.34. The highest BCUT2D eigenvalue weighted by molar-refractivity contribution is 5.95. The van der Waals surface area contributed by atoms with Crippen LogP contribution in [-0.4, -0.2) is 30.4 Å². The van der Waals surface area contributed by atoms with E-state index in [0.29, 0.717) is 6.04 Å². The van der Waals surface area contributed by atoms with Crippen LogP contribution in [0, 0.1) is 5.92 Å².